The fourth-order valence-corrected chi connectivity index (χ4v) is 5.55. The molecule has 1 N–H and O–H groups in total. The van der Waals surface area contributed by atoms with Crippen LogP contribution in [0.2, 0.25) is 0 Å². The first-order valence-corrected chi connectivity index (χ1v) is 12.2. The van der Waals surface area contributed by atoms with E-state index in [0.29, 0.717) is 10.2 Å². The van der Waals surface area contributed by atoms with Crippen LogP contribution in [-0.4, -0.2) is 52.0 Å². The molecule has 6 nitrogen and oxygen atoms in total. The fourth-order valence-electron chi connectivity index (χ4n) is 3.75. The van der Waals surface area contributed by atoms with Crippen LogP contribution in [0, 0.1) is 0 Å². The number of halogens is 1. The van der Waals surface area contributed by atoms with E-state index in [9.17, 15) is 8.42 Å². The lowest BCUT2D eigenvalue weighted by Crippen LogP contribution is -2.43. The van der Waals surface area contributed by atoms with Gasteiger partial charge < -0.3 is 19.5 Å². The number of nitrogens with zero attached hydrogens (tertiary/aromatic N) is 2. The van der Waals surface area contributed by atoms with E-state index in [-0.39, 0.29) is 10.6 Å². The predicted molar refractivity (Wildman–Crippen MR) is 125 cm³/mol. The first kappa shape index (κ1) is 21.0. The lowest BCUT2D eigenvalue weighted by atomic mass is 10.2. The van der Waals surface area contributed by atoms with Crippen molar-refractivity contribution < 1.29 is 13.2 Å². The maximum Gasteiger partial charge on any atom is 0.185 e. The largest absolute Gasteiger partial charge is 0.495 e. The number of nitrogens with one attached hydrogen (secondary N) is 1. The molecule has 0 saturated carbocycles. The average Bonchev–Trinajstić information content (AvgIpc) is 3.17. The number of hydrogen-bond acceptors (Lipinski definition) is 5. The summed E-state index contributed by atoms with van der Waals surface area (Å²) >= 11 is 3.33. The monoisotopic (exact) mass is 489 g/mol. The molecule has 0 bridgehead atoms. The molecule has 0 aliphatic carbocycles. The molecule has 1 saturated heterocycles. The van der Waals surface area contributed by atoms with Gasteiger partial charge >= 0.3 is 0 Å². The summed E-state index contributed by atoms with van der Waals surface area (Å²) in [6, 6.07) is 13.3. The second-order valence-corrected chi connectivity index (χ2v) is 10.0. The lowest BCUT2D eigenvalue weighted by molar-refractivity contribution is 0.402. The van der Waals surface area contributed by atoms with E-state index in [4.69, 9.17) is 4.74 Å². The van der Waals surface area contributed by atoms with Crippen molar-refractivity contribution in [3.8, 4) is 5.75 Å². The smallest absolute Gasteiger partial charge is 0.185 e. The van der Waals surface area contributed by atoms with Crippen LogP contribution >= 0.6 is 15.9 Å². The Morgan fingerprint density at radius 1 is 1.17 bits per heavy atom. The Morgan fingerprint density at radius 3 is 2.73 bits per heavy atom. The summed E-state index contributed by atoms with van der Waals surface area (Å²) in [5, 5.41) is 4.55. The van der Waals surface area contributed by atoms with Gasteiger partial charge in [0.15, 0.2) is 9.84 Å². The standard InChI is InChI=1S/C22H24BrN3O3S/c1-29-21-7-6-17(23)16-22(21)30(27,28)15-3-11-25-12-8-18-19(25)4-2-5-20(18)26-13-9-24-10-14-26/h2-8,11-12,16,24H,9-10,13-15H2,1H3. The van der Waals surface area contributed by atoms with Gasteiger partial charge in [-0.05, 0) is 36.4 Å². The van der Waals surface area contributed by atoms with Crippen molar-refractivity contribution in [1.29, 1.82) is 0 Å². The molecule has 158 valence electrons. The number of rotatable bonds is 6. The average molecular weight is 490 g/mol. The topological polar surface area (TPSA) is 63.6 Å². The lowest BCUT2D eigenvalue weighted by Gasteiger charge is -2.30. The van der Waals surface area contributed by atoms with Crippen LogP contribution in [0.1, 0.15) is 0 Å². The minimum atomic E-state index is -3.53. The van der Waals surface area contributed by atoms with Crippen molar-refractivity contribution in [1.82, 2.24) is 9.88 Å². The highest BCUT2D eigenvalue weighted by Gasteiger charge is 2.19. The molecule has 1 fully saturated rings. The zero-order chi connectivity index (χ0) is 21.1. The van der Waals surface area contributed by atoms with Crippen LogP contribution in [0.5, 0.6) is 5.75 Å². The number of methoxy groups -OCH3 is 1. The third-order valence-corrected chi connectivity index (χ3v) is 7.35. The van der Waals surface area contributed by atoms with Crippen LogP contribution in [0.4, 0.5) is 5.69 Å². The molecular formula is C22H24BrN3O3S. The number of anilines is 1. The zero-order valence-corrected chi connectivity index (χ0v) is 19.1. The van der Waals surface area contributed by atoms with Gasteiger partial charge in [-0.25, -0.2) is 8.42 Å². The maximum atomic E-state index is 12.8. The van der Waals surface area contributed by atoms with E-state index in [1.54, 1.807) is 24.3 Å². The summed E-state index contributed by atoms with van der Waals surface area (Å²) in [6.07, 6.45) is 5.46. The molecule has 3 aromatic rings. The molecule has 0 spiro atoms. The van der Waals surface area contributed by atoms with E-state index in [1.807, 2.05) is 23.0 Å². The molecule has 1 aliphatic rings. The minimum absolute atomic E-state index is 0.114. The minimum Gasteiger partial charge on any atom is -0.495 e. The number of ether oxygens (including phenoxy) is 1. The SMILES string of the molecule is COc1ccc(Br)cc1S(=O)(=O)CC=Cn1ccc2c(N3CCNCC3)cccc21. The van der Waals surface area contributed by atoms with Crippen LogP contribution in [0.15, 0.2) is 64.1 Å². The van der Waals surface area contributed by atoms with Gasteiger partial charge in [-0.3, -0.25) is 0 Å². The summed E-state index contributed by atoms with van der Waals surface area (Å²) in [6.45, 7) is 3.92. The molecule has 0 atom stereocenters. The third kappa shape index (κ3) is 4.26. The molecule has 8 heteroatoms. The van der Waals surface area contributed by atoms with Gasteiger partial charge in [0.1, 0.15) is 10.6 Å². The summed E-state index contributed by atoms with van der Waals surface area (Å²) in [4.78, 5) is 2.57. The van der Waals surface area contributed by atoms with E-state index >= 15 is 0 Å². The van der Waals surface area contributed by atoms with Crippen molar-refractivity contribution in [3.05, 3.63) is 59.2 Å². The Hall–Kier alpha value is -2.29. The molecule has 0 amide bonds. The van der Waals surface area contributed by atoms with Crippen LogP contribution in [-0.2, 0) is 9.84 Å². The highest BCUT2D eigenvalue weighted by molar-refractivity contribution is 9.10. The first-order valence-electron chi connectivity index (χ1n) is 9.78. The summed E-state index contributed by atoms with van der Waals surface area (Å²) in [5.74, 6) is 0.232. The van der Waals surface area contributed by atoms with E-state index < -0.39 is 9.84 Å². The number of hydrogen-bond donors (Lipinski definition) is 1. The van der Waals surface area contributed by atoms with Gasteiger partial charge in [-0.15, -0.1) is 0 Å². The summed E-state index contributed by atoms with van der Waals surface area (Å²) in [7, 11) is -2.06. The van der Waals surface area contributed by atoms with E-state index in [1.165, 1.54) is 18.2 Å². The van der Waals surface area contributed by atoms with Gasteiger partial charge in [0.2, 0.25) is 0 Å². The van der Waals surface area contributed by atoms with Crippen molar-refractivity contribution in [3.63, 3.8) is 0 Å². The second kappa shape index (κ2) is 8.83. The number of piperazine rings is 1. The normalized spacial score (nSPS) is 15.2. The quantitative estimate of drug-likeness (QED) is 0.570. The molecule has 4 rings (SSSR count). The van der Waals surface area contributed by atoms with Crippen molar-refractivity contribution in [2.45, 2.75) is 4.90 Å². The zero-order valence-electron chi connectivity index (χ0n) is 16.7. The number of fused-ring (bicyclic) bond motifs is 1. The van der Waals surface area contributed by atoms with E-state index in [0.717, 1.165) is 31.7 Å². The van der Waals surface area contributed by atoms with Crippen LogP contribution < -0.4 is 15.0 Å². The third-order valence-electron chi connectivity index (χ3n) is 5.24. The second-order valence-electron chi connectivity index (χ2n) is 7.13. The van der Waals surface area contributed by atoms with Gasteiger partial charge in [0.05, 0.1) is 18.4 Å². The fraction of sp³-hybridized carbons (Fsp3) is 0.273. The van der Waals surface area contributed by atoms with Gasteiger partial charge in [-0.1, -0.05) is 28.1 Å². The van der Waals surface area contributed by atoms with Crippen molar-refractivity contribution in [2.24, 2.45) is 0 Å². The molecule has 0 radical (unpaired) electrons. The molecule has 0 unspecified atom stereocenters. The summed E-state index contributed by atoms with van der Waals surface area (Å²) < 4.78 is 33.6. The predicted octanol–water partition coefficient (Wildman–Crippen LogP) is 3.77. The van der Waals surface area contributed by atoms with E-state index in [2.05, 4.69) is 44.3 Å². The Kier molecular flexibility index (Phi) is 6.17. The van der Waals surface area contributed by atoms with Gasteiger partial charge in [0.25, 0.3) is 0 Å². The Morgan fingerprint density at radius 2 is 1.97 bits per heavy atom. The molecular weight excluding hydrogens is 466 g/mol. The maximum absolute atomic E-state index is 12.8. The highest BCUT2D eigenvalue weighted by atomic mass is 79.9. The van der Waals surface area contributed by atoms with Gasteiger partial charge in [0, 0.05) is 54.1 Å². The van der Waals surface area contributed by atoms with Gasteiger partial charge in [-0.2, -0.15) is 0 Å². The highest BCUT2D eigenvalue weighted by Crippen LogP contribution is 2.30. The van der Waals surface area contributed by atoms with Crippen molar-refractivity contribution in [2.75, 3.05) is 43.9 Å². The Labute approximate surface area is 185 Å². The van der Waals surface area contributed by atoms with Crippen molar-refractivity contribution >= 4 is 48.6 Å². The summed E-state index contributed by atoms with van der Waals surface area (Å²) in [5.41, 5.74) is 2.27. The number of sulfone groups is 1. The molecule has 2 heterocycles. The Balaban J connectivity index is 1.58. The molecule has 1 aliphatic heterocycles. The number of benzene rings is 2. The first-order chi connectivity index (χ1) is 14.5. The number of aromatic nitrogens is 1. The van der Waals surface area contributed by atoms with Crippen LogP contribution in [0.25, 0.3) is 17.1 Å². The molecule has 30 heavy (non-hydrogen) atoms. The molecule has 2 aromatic carbocycles. The molecule has 1 aromatic heterocycles. The van der Waals surface area contributed by atoms with Crippen LogP contribution in [0.3, 0.4) is 0 Å². The Bertz CT molecular complexity index is 1180.